The molecule has 2 saturated heterocycles. The molecule has 0 spiro atoms. The highest BCUT2D eigenvalue weighted by atomic mass is 16.2. The van der Waals surface area contributed by atoms with E-state index in [1.807, 2.05) is 85.8 Å². The molecule has 10 N–H and O–H groups in total. The molecule has 0 aliphatic carbocycles. The van der Waals surface area contributed by atoms with Crippen molar-refractivity contribution in [1.82, 2.24) is 47.1 Å². The fraction of sp³-hybridized carbons (Fsp3) is 0.473. The molecule has 3 aromatic carbocycles. The van der Waals surface area contributed by atoms with E-state index in [4.69, 9.17) is 5.73 Å². The van der Waals surface area contributed by atoms with Gasteiger partial charge in [0.15, 0.2) is 0 Å². The molecule has 0 bridgehead atoms. The van der Waals surface area contributed by atoms with Crippen LogP contribution in [0.15, 0.2) is 85.1 Å². The summed E-state index contributed by atoms with van der Waals surface area (Å²) in [7, 11) is 0. The number of aromatic nitrogens is 1. The van der Waals surface area contributed by atoms with Gasteiger partial charge in [-0.1, -0.05) is 106 Å². The van der Waals surface area contributed by atoms with Gasteiger partial charge in [-0.3, -0.25) is 43.2 Å². The van der Waals surface area contributed by atoms with Gasteiger partial charge in [0.25, 0.3) is 0 Å². The highest BCUT2D eigenvalue weighted by molar-refractivity contribution is 5.99. The van der Waals surface area contributed by atoms with E-state index in [0.29, 0.717) is 44.1 Å². The summed E-state index contributed by atoms with van der Waals surface area (Å²) in [5.41, 5.74) is 9.96. The quantitative estimate of drug-likeness (QED) is 0.0951. The maximum atomic E-state index is 15.2. The zero-order valence-electron chi connectivity index (χ0n) is 42.8. The van der Waals surface area contributed by atoms with Crippen molar-refractivity contribution in [2.45, 2.75) is 147 Å². The highest BCUT2D eigenvalue weighted by Crippen LogP contribution is 2.24. The van der Waals surface area contributed by atoms with Crippen LogP contribution in [0.5, 0.6) is 0 Å². The second-order valence-electron chi connectivity index (χ2n) is 19.7. The molecule has 4 aromatic rings. The maximum absolute atomic E-state index is 15.2. The summed E-state index contributed by atoms with van der Waals surface area (Å²) >= 11 is 0. The third kappa shape index (κ3) is 15.5. The second-order valence-corrected chi connectivity index (χ2v) is 19.7. The molecule has 0 radical (unpaired) electrons. The van der Waals surface area contributed by atoms with E-state index in [-0.39, 0.29) is 45.2 Å². The molecule has 0 saturated carbocycles. The van der Waals surface area contributed by atoms with Crippen molar-refractivity contribution < 1.29 is 43.2 Å². The molecule has 7 atom stereocenters. The summed E-state index contributed by atoms with van der Waals surface area (Å²) in [6, 6.07) is 16.3. The lowest BCUT2D eigenvalue weighted by Gasteiger charge is -2.38. The van der Waals surface area contributed by atoms with E-state index in [2.05, 4.69) is 42.2 Å². The van der Waals surface area contributed by atoms with Crippen molar-refractivity contribution in [2.24, 2.45) is 11.7 Å². The van der Waals surface area contributed by atoms with E-state index in [0.717, 1.165) is 27.6 Å². The summed E-state index contributed by atoms with van der Waals surface area (Å²) in [5, 5.41) is 20.2. The number of piperidine rings is 1. The number of unbranched alkanes of at least 4 members (excludes halogenated alkanes) is 1. The van der Waals surface area contributed by atoms with Crippen LogP contribution in [0.25, 0.3) is 22.0 Å². The van der Waals surface area contributed by atoms with Crippen molar-refractivity contribution in [3.8, 4) is 11.1 Å². The average molecular weight is 1020 g/mol. The summed E-state index contributed by atoms with van der Waals surface area (Å²) in [6.07, 6.45) is 4.90. The fourth-order valence-electron chi connectivity index (χ4n) is 9.54. The Balaban J connectivity index is 1.36. The minimum Gasteiger partial charge on any atom is -0.368 e. The van der Waals surface area contributed by atoms with Crippen LogP contribution in [0.3, 0.4) is 0 Å². The Morgan fingerprint density at radius 2 is 1.43 bits per heavy atom. The Hall–Kier alpha value is -7.57. The molecule has 2 aliphatic heterocycles. The molecule has 19 nitrogen and oxygen atoms in total. The number of nitrogens with zero attached hydrogens (tertiary/aromatic N) is 1. The van der Waals surface area contributed by atoms with Crippen LogP contribution < -0.4 is 43.0 Å². The van der Waals surface area contributed by atoms with Crippen molar-refractivity contribution in [2.75, 3.05) is 13.1 Å². The predicted octanol–water partition coefficient (Wildman–Crippen LogP) is 2.95. The standard InChI is InChI=1S/C55H72N10O9/c1-5-6-19-42(59-34(4)66)50(69)61-44-31-47(67)57-27-14-12-21-41(49(56)68)60-51(70)43(30-38-32-58-40-20-11-10-18-39(38)40)62-53(72)46-22-13-15-28-65(46)55(74)45(63-54(73)48(33(2)3)64-52(44)71)29-35-23-25-37(26-24-35)36-16-8-7-9-17-36/h7-11,16-18,20,23-26,32-33,41-46,48,58H,5-6,12-15,19,21-22,27-31H2,1-4H3,(H2,56,68)(H,57,67)(H,59,66)(H,60,70)(H,61,69)(H,62,72)(H,63,73)(H,64,71)/t41-,42-,43-,44-,45-,46-,48-/m0/s1. The minimum atomic E-state index is -1.50. The van der Waals surface area contributed by atoms with E-state index < -0.39 is 108 Å². The molecule has 1 aromatic heterocycles. The van der Waals surface area contributed by atoms with E-state index in [1.54, 1.807) is 20.0 Å². The van der Waals surface area contributed by atoms with E-state index in [9.17, 15) is 38.4 Å². The molecule has 19 heteroatoms. The number of para-hydroxylation sites is 1. The van der Waals surface area contributed by atoms with Crippen LogP contribution in [0.1, 0.15) is 103 Å². The van der Waals surface area contributed by atoms with Crippen LogP contribution in [0, 0.1) is 5.92 Å². The number of nitrogens with one attached hydrogen (secondary N) is 8. The van der Waals surface area contributed by atoms with Crippen LogP contribution in [-0.4, -0.2) is 118 Å². The lowest BCUT2D eigenvalue weighted by atomic mass is 9.95. The van der Waals surface area contributed by atoms with E-state index >= 15 is 4.79 Å². The van der Waals surface area contributed by atoms with Gasteiger partial charge in [0, 0.05) is 50.0 Å². The van der Waals surface area contributed by atoms with Crippen LogP contribution >= 0.6 is 0 Å². The van der Waals surface area contributed by atoms with Gasteiger partial charge in [-0.15, -0.1) is 0 Å². The molecule has 6 rings (SSSR count). The Morgan fingerprint density at radius 3 is 2.14 bits per heavy atom. The summed E-state index contributed by atoms with van der Waals surface area (Å²) < 4.78 is 0. The Labute approximate surface area is 432 Å². The van der Waals surface area contributed by atoms with Gasteiger partial charge in [0.05, 0.1) is 6.42 Å². The third-order valence-corrected chi connectivity index (χ3v) is 13.6. The van der Waals surface area contributed by atoms with Gasteiger partial charge in [0.2, 0.25) is 53.2 Å². The number of primary amides is 1. The number of carbonyl (C=O) groups is 9. The fourth-order valence-corrected chi connectivity index (χ4v) is 9.54. The van der Waals surface area contributed by atoms with Crippen molar-refractivity contribution >= 4 is 64.1 Å². The van der Waals surface area contributed by atoms with Gasteiger partial charge in [0.1, 0.15) is 42.3 Å². The number of fused-ring (bicyclic) bond motifs is 2. The number of carbonyl (C=O) groups excluding carboxylic acids is 9. The SMILES string of the molecule is CCCC[C@H](NC(C)=O)C(=O)N[C@H]1CC(=O)NCCCC[C@@H](C(N)=O)NC(=O)[C@H](Cc2c[nH]c3ccccc23)NC(=O)[C@@H]2CCCCN2C(=O)[C@H](Cc2ccc(-c3ccccc3)cc2)NC(=O)[C@H](C(C)C)NC1=O. The highest BCUT2D eigenvalue weighted by Gasteiger charge is 2.40. The molecular formula is C55H72N10O9. The number of amides is 9. The molecule has 9 amide bonds. The topological polar surface area (TPSA) is 283 Å². The number of rotatable bonds is 13. The van der Waals surface area contributed by atoms with Crippen LogP contribution in [-0.2, 0) is 56.0 Å². The third-order valence-electron chi connectivity index (χ3n) is 13.6. The number of nitrogens with two attached hydrogens (primary N) is 1. The van der Waals surface area contributed by atoms with Gasteiger partial charge in [-0.05, 0) is 79.2 Å². The normalized spacial score (nSPS) is 22.5. The van der Waals surface area contributed by atoms with Crippen LogP contribution in [0.2, 0.25) is 0 Å². The largest absolute Gasteiger partial charge is 0.368 e. The van der Waals surface area contributed by atoms with Gasteiger partial charge in [-0.25, -0.2) is 0 Å². The molecule has 74 heavy (non-hydrogen) atoms. The van der Waals surface area contributed by atoms with Crippen molar-refractivity contribution in [3.63, 3.8) is 0 Å². The Morgan fingerprint density at radius 1 is 0.743 bits per heavy atom. The molecule has 2 fully saturated rings. The molecule has 396 valence electrons. The predicted molar refractivity (Wildman–Crippen MR) is 279 cm³/mol. The zero-order valence-corrected chi connectivity index (χ0v) is 42.8. The zero-order chi connectivity index (χ0) is 53.3. The smallest absolute Gasteiger partial charge is 0.246 e. The summed E-state index contributed by atoms with van der Waals surface area (Å²) in [4.78, 5) is 130. The van der Waals surface area contributed by atoms with Crippen molar-refractivity contribution in [1.29, 1.82) is 0 Å². The first-order chi connectivity index (χ1) is 35.5. The van der Waals surface area contributed by atoms with Gasteiger partial charge in [-0.2, -0.15) is 0 Å². The first kappa shape index (κ1) is 55.7. The monoisotopic (exact) mass is 1020 g/mol. The number of hydrogen-bond acceptors (Lipinski definition) is 9. The number of H-pyrrole nitrogens is 1. The number of benzene rings is 3. The first-order valence-electron chi connectivity index (χ1n) is 25.9. The Bertz CT molecular complexity index is 2620. The molecule has 2 aliphatic rings. The lowest BCUT2D eigenvalue weighted by Crippen LogP contribution is -2.62. The maximum Gasteiger partial charge on any atom is 0.246 e. The van der Waals surface area contributed by atoms with Crippen molar-refractivity contribution in [3.05, 3.63) is 96.2 Å². The summed E-state index contributed by atoms with van der Waals surface area (Å²) in [6.45, 7) is 6.83. The number of hydrogen-bond donors (Lipinski definition) is 9. The Kier molecular flexibility index (Phi) is 20.3. The average Bonchev–Trinajstić information content (AvgIpc) is 3.79. The van der Waals surface area contributed by atoms with Crippen LogP contribution in [0.4, 0.5) is 0 Å². The molecule has 0 unspecified atom stereocenters. The minimum absolute atomic E-state index is 0.00943. The molecule has 3 heterocycles. The number of aromatic amines is 1. The van der Waals surface area contributed by atoms with Gasteiger partial charge < -0.3 is 52.8 Å². The first-order valence-corrected chi connectivity index (χ1v) is 25.9. The van der Waals surface area contributed by atoms with Gasteiger partial charge >= 0.3 is 0 Å². The lowest BCUT2D eigenvalue weighted by molar-refractivity contribution is -0.146. The van der Waals surface area contributed by atoms with E-state index in [1.165, 1.54) is 11.8 Å². The molecular weight excluding hydrogens is 945 g/mol. The second kappa shape index (κ2) is 26.9. The summed E-state index contributed by atoms with van der Waals surface area (Å²) in [5.74, 6) is -6.58.